The minimum Gasteiger partial charge on any atom is -0.478 e. The van der Waals surface area contributed by atoms with Crippen molar-refractivity contribution in [1.82, 2.24) is 10.6 Å². The second-order valence-corrected chi connectivity index (χ2v) is 3.24. The Morgan fingerprint density at radius 3 is 2.41 bits per heavy atom. The molecule has 3 N–H and O–H groups in total. The van der Waals surface area contributed by atoms with Crippen molar-refractivity contribution < 1.29 is 14.7 Å². The lowest BCUT2D eigenvalue weighted by Crippen LogP contribution is -2.35. The van der Waals surface area contributed by atoms with E-state index < -0.39 is 5.97 Å². The topological polar surface area (TPSA) is 78.4 Å². The number of hydrogen-bond acceptors (Lipinski definition) is 2. The fourth-order valence-corrected chi connectivity index (χ4v) is 1.14. The van der Waals surface area contributed by atoms with Gasteiger partial charge in [-0.05, 0) is 17.7 Å². The number of terminal acetylenes is 1. The van der Waals surface area contributed by atoms with E-state index in [1.807, 2.05) is 0 Å². The Morgan fingerprint density at radius 1 is 1.24 bits per heavy atom. The molecule has 0 aliphatic rings. The van der Waals surface area contributed by atoms with Crippen LogP contribution in [0.4, 0.5) is 4.79 Å². The van der Waals surface area contributed by atoms with Gasteiger partial charge in [0, 0.05) is 6.54 Å². The first-order chi connectivity index (χ1) is 8.13. The average Bonchev–Trinajstić information content (AvgIpc) is 2.34. The maximum Gasteiger partial charge on any atom is 0.335 e. The van der Waals surface area contributed by atoms with E-state index in [0.29, 0.717) is 6.54 Å². The molecule has 0 saturated heterocycles. The lowest BCUT2D eigenvalue weighted by molar-refractivity contribution is 0.0697. The molecule has 88 valence electrons. The Hall–Kier alpha value is -2.48. The lowest BCUT2D eigenvalue weighted by atomic mass is 10.1. The molecule has 17 heavy (non-hydrogen) atoms. The SMILES string of the molecule is C#CCNC(=O)NCc1ccc(C(=O)O)cc1. The standard InChI is InChI=1S/C12H12N2O3/c1-2-7-13-12(17)14-8-9-3-5-10(6-4-9)11(15)16/h1,3-6H,7-8H2,(H,15,16)(H2,13,14,17). The fraction of sp³-hybridized carbons (Fsp3) is 0.167. The van der Waals surface area contributed by atoms with E-state index >= 15 is 0 Å². The predicted octanol–water partition coefficient (Wildman–Crippen LogP) is 0.817. The summed E-state index contributed by atoms with van der Waals surface area (Å²) in [4.78, 5) is 21.7. The number of carboxylic acid groups (broad SMARTS) is 1. The van der Waals surface area contributed by atoms with Crippen molar-refractivity contribution >= 4 is 12.0 Å². The van der Waals surface area contributed by atoms with E-state index in [1.165, 1.54) is 12.1 Å². The van der Waals surface area contributed by atoms with Crippen LogP contribution in [0.1, 0.15) is 15.9 Å². The number of amides is 2. The smallest absolute Gasteiger partial charge is 0.335 e. The molecule has 0 aliphatic carbocycles. The Balaban J connectivity index is 2.45. The molecule has 0 fully saturated rings. The van der Waals surface area contributed by atoms with Gasteiger partial charge in [-0.2, -0.15) is 0 Å². The molecule has 2 amide bonds. The summed E-state index contributed by atoms with van der Waals surface area (Å²) in [5.41, 5.74) is 1.02. The molecule has 0 heterocycles. The average molecular weight is 232 g/mol. The maximum absolute atomic E-state index is 11.1. The first-order valence-corrected chi connectivity index (χ1v) is 4.91. The van der Waals surface area contributed by atoms with Gasteiger partial charge in [0.05, 0.1) is 12.1 Å². The molecule has 0 radical (unpaired) electrons. The molecule has 1 aromatic carbocycles. The van der Waals surface area contributed by atoms with Crippen LogP contribution in [-0.2, 0) is 6.54 Å². The first kappa shape index (κ1) is 12.6. The number of hydrogen-bond donors (Lipinski definition) is 3. The van der Waals surface area contributed by atoms with Crippen molar-refractivity contribution in [2.75, 3.05) is 6.54 Å². The molecule has 0 bridgehead atoms. The van der Waals surface area contributed by atoms with Crippen molar-refractivity contribution in [1.29, 1.82) is 0 Å². The van der Waals surface area contributed by atoms with Gasteiger partial charge < -0.3 is 15.7 Å². The van der Waals surface area contributed by atoms with Crippen LogP contribution in [0.5, 0.6) is 0 Å². The Bertz CT molecular complexity index is 446. The normalized spacial score (nSPS) is 9.12. The summed E-state index contributed by atoms with van der Waals surface area (Å²) in [6.07, 6.45) is 4.98. The molecule has 5 nitrogen and oxygen atoms in total. The third kappa shape index (κ3) is 4.26. The molecule has 0 aromatic heterocycles. The van der Waals surface area contributed by atoms with E-state index in [9.17, 15) is 9.59 Å². The van der Waals surface area contributed by atoms with E-state index in [1.54, 1.807) is 12.1 Å². The van der Waals surface area contributed by atoms with Crippen molar-refractivity contribution in [3.8, 4) is 12.3 Å². The number of rotatable bonds is 4. The molecule has 1 aromatic rings. The van der Waals surface area contributed by atoms with Gasteiger partial charge in [-0.15, -0.1) is 6.42 Å². The van der Waals surface area contributed by atoms with Crippen LogP contribution in [-0.4, -0.2) is 23.7 Å². The van der Waals surface area contributed by atoms with Crippen LogP contribution in [0.25, 0.3) is 0 Å². The quantitative estimate of drug-likeness (QED) is 0.672. The monoisotopic (exact) mass is 232 g/mol. The van der Waals surface area contributed by atoms with Crippen molar-refractivity contribution in [2.45, 2.75) is 6.54 Å². The number of carbonyl (C=O) groups excluding carboxylic acids is 1. The summed E-state index contributed by atoms with van der Waals surface area (Å²) in [5, 5.41) is 13.7. The summed E-state index contributed by atoms with van der Waals surface area (Å²) in [5.74, 6) is 1.30. The van der Waals surface area contributed by atoms with Crippen LogP contribution < -0.4 is 10.6 Å². The third-order valence-corrected chi connectivity index (χ3v) is 2.00. The lowest BCUT2D eigenvalue weighted by Gasteiger charge is -2.05. The molecule has 0 spiro atoms. The summed E-state index contributed by atoms with van der Waals surface area (Å²) in [6, 6.07) is 5.90. The molecular formula is C12H12N2O3. The fourth-order valence-electron chi connectivity index (χ4n) is 1.14. The Labute approximate surface area is 98.8 Å². The summed E-state index contributed by atoms with van der Waals surface area (Å²) >= 11 is 0. The van der Waals surface area contributed by atoms with Crippen LogP contribution in [0, 0.1) is 12.3 Å². The third-order valence-electron chi connectivity index (χ3n) is 2.00. The van der Waals surface area contributed by atoms with Gasteiger partial charge in [0.2, 0.25) is 0 Å². The number of nitrogens with one attached hydrogen (secondary N) is 2. The first-order valence-electron chi connectivity index (χ1n) is 4.91. The zero-order valence-electron chi connectivity index (χ0n) is 9.06. The second-order valence-electron chi connectivity index (χ2n) is 3.24. The van der Waals surface area contributed by atoms with Crippen molar-refractivity contribution in [3.05, 3.63) is 35.4 Å². The highest BCUT2D eigenvalue weighted by Gasteiger charge is 2.02. The van der Waals surface area contributed by atoms with Gasteiger partial charge in [-0.25, -0.2) is 9.59 Å². The minimum absolute atomic E-state index is 0.170. The van der Waals surface area contributed by atoms with Crippen molar-refractivity contribution in [2.24, 2.45) is 0 Å². The minimum atomic E-state index is -0.976. The number of carbonyl (C=O) groups is 2. The molecular weight excluding hydrogens is 220 g/mol. The molecule has 0 atom stereocenters. The highest BCUT2D eigenvalue weighted by molar-refractivity contribution is 5.87. The molecule has 1 rings (SSSR count). The summed E-state index contributed by atoms with van der Waals surface area (Å²) in [6.45, 7) is 0.486. The maximum atomic E-state index is 11.1. The van der Waals surface area contributed by atoms with Crippen LogP contribution in [0.3, 0.4) is 0 Å². The van der Waals surface area contributed by atoms with Gasteiger partial charge in [-0.1, -0.05) is 18.1 Å². The van der Waals surface area contributed by atoms with Crippen molar-refractivity contribution in [3.63, 3.8) is 0 Å². The molecule has 0 aliphatic heterocycles. The van der Waals surface area contributed by atoms with E-state index in [0.717, 1.165) is 5.56 Å². The molecule has 5 heteroatoms. The van der Waals surface area contributed by atoms with Gasteiger partial charge in [0.25, 0.3) is 0 Å². The molecule has 0 saturated carbocycles. The van der Waals surface area contributed by atoms with E-state index in [-0.39, 0.29) is 18.1 Å². The number of carboxylic acids is 1. The highest BCUT2D eigenvalue weighted by Crippen LogP contribution is 2.03. The van der Waals surface area contributed by atoms with Gasteiger partial charge >= 0.3 is 12.0 Å². The number of aromatic carboxylic acids is 1. The van der Waals surface area contributed by atoms with Gasteiger partial charge in [0.1, 0.15) is 0 Å². The largest absolute Gasteiger partial charge is 0.478 e. The van der Waals surface area contributed by atoms with Gasteiger partial charge in [0.15, 0.2) is 0 Å². The van der Waals surface area contributed by atoms with Crippen LogP contribution in [0.2, 0.25) is 0 Å². The van der Waals surface area contributed by atoms with E-state index in [2.05, 4.69) is 16.6 Å². The van der Waals surface area contributed by atoms with Crippen LogP contribution in [0.15, 0.2) is 24.3 Å². The predicted molar refractivity (Wildman–Crippen MR) is 62.5 cm³/mol. The Morgan fingerprint density at radius 2 is 1.88 bits per heavy atom. The number of urea groups is 1. The zero-order valence-corrected chi connectivity index (χ0v) is 9.06. The van der Waals surface area contributed by atoms with Crippen LogP contribution >= 0.6 is 0 Å². The van der Waals surface area contributed by atoms with E-state index in [4.69, 9.17) is 11.5 Å². The Kier molecular flexibility index (Phi) is 4.58. The summed E-state index contributed by atoms with van der Waals surface area (Å²) < 4.78 is 0. The zero-order chi connectivity index (χ0) is 12.7. The second kappa shape index (κ2) is 6.18. The summed E-state index contributed by atoms with van der Waals surface area (Å²) in [7, 11) is 0. The molecule has 0 unspecified atom stereocenters. The van der Waals surface area contributed by atoms with Gasteiger partial charge in [-0.3, -0.25) is 0 Å². The number of benzene rings is 1. The highest BCUT2D eigenvalue weighted by atomic mass is 16.4.